The molecule has 0 aromatic heterocycles. The van der Waals surface area contributed by atoms with E-state index in [-0.39, 0.29) is 0 Å². The molecule has 0 rings (SSSR count). The van der Waals surface area contributed by atoms with Crippen molar-refractivity contribution in [2.24, 2.45) is 0 Å². The van der Waals surface area contributed by atoms with Crippen molar-refractivity contribution in [1.29, 1.82) is 0 Å². The van der Waals surface area contributed by atoms with Crippen LogP contribution in [0.2, 0.25) is 0 Å². The third-order valence-electron chi connectivity index (χ3n) is 1.85. The van der Waals surface area contributed by atoms with Crippen LogP contribution in [0.15, 0.2) is 24.4 Å². The normalized spacial score (nSPS) is 11.6. The summed E-state index contributed by atoms with van der Waals surface area (Å²) in [6.45, 7) is 6.76. The zero-order chi connectivity index (χ0) is 10.6. The Balaban J connectivity index is 3.32. The van der Waals surface area contributed by atoms with Crippen LogP contribution in [-0.2, 0) is 4.74 Å². The van der Waals surface area contributed by atoms with Crippen molar-refractivity contribution < 1.29 is 4.74 Å². The van der Waals surface area contributed by atoms with E-state index in [1.165, 1.54) is 6.42 Å². The van der Waals surface area contributed by atoms with Gasteiger partial charge in [0.1, 0.15) is 0 Å². The number of rotatable bonds is 8. The van der Waals surface area contributed by atoms with E-state index in [2.05, 4.69) is 43.3 Å². The van der Waals surface area contributed by atoms with Gasteiger partial charge in [0.2, 0.25) is 0 Å². The molecule has 0 saturated heterocycles. The molecular weight excluding hydrogens is 174 g/mol. The highest BCUT2D eigenvalue weighted by molar-refractivity contribution is 4.87. The molecule has 0 spiro atoms. The summed E-state index contributed by atoms with van der Waals surface area (Å²) in [6.07, 6.45) is 10.7. The van der Waals surface area contributed by atoms with Gasteiger partial charge in [-0.1, -0.05) is 25.5 Å². The van der Waals surface area contributed by atoms with Gasteiger partial charge in [-0.2, -0.15) is 0 Å². The number of likely N-dealkylation sites (N-methyl/N-ethyl adjacent to an activating group) is 1. The van der Waals surface area contributed by atoms with Crippen molar-refractivity contribution in [3.63, 3.8) is 0 Å². The largest absolute Gasteiger partial charge is 0.377 e. The molecule has 0 aromatic rings. The molecule has 0 aromatic carbocycles. The molecular formula is C12H23NO. The van der Waals surface area contributed by atoms with Gasteiger partial charge in [-0.15, -0.1) is 0 Å². The summed E-state index contributed by atoms with van der Waals surface area (Å²) in [5, 5.41) is 0. The summed E-state index contributed by atoms with van der Waals surface area (Å²) in [4.78, 5) is 2.13. The monoisotopic (exact) mass is 197 g/mol. The molecule has 0 saturated carbocycles. The molecule has 14 heavy (non-hydrogen) atoms. The predicted molar refractivity (Wildman–Crippen MR) is 62.3 cm³/mol. The minimum absolute atomic E-state index is 0.722. The van der Waals surface area contributed by atoms with Crippen molar-refractivity contribution in [2.75, 3.05) is 26.8 Å². The summed E-state index contributed by atoms with van der Waals surface area (Å²) in [5.41, 5.74) is 0. The number of allylic oxidation sites excluding steroid dienone is 1. The molecule has 0 amide bonds. The summed E-state index contributed by atoms with van der Waals surface area (Å²) < 4.78 is 5.40. The molecule has 0 aliphatic carbocycles. The van der Waals surface area contributed by atoms with Crippen LogP contribution in [0.4, 0.5) is 0 Å². The van der Waals surface area contributed by atoms with Crippen molar-refractivity contribution in [3.05, 3.63) is 24.4 Å². The van der Waals surface area contributed by atoms with E-state index < -0.39 is 0 Å². The second kappa shape index (κ2) is 10.3. The van der Waals surface area contributed by atoms with E-state index in [1.807, 2.05) is 6.92 Å². The Labute approximate surface area is 88.2 Å². The lowest BCUT2D eigenvalue weighted by Gasteiger charge is -2.10. The first-order valence-electron chi connectivity index (χ1n) is 5.37. The minimum Gasteiger partial charge on any atom is -0.377 e. The van der Waals surface area contributed by atoms with Gasteiger partial charge in [0.05, 0.1) is 6.61 Å². The zero-order valence-corrected chi connectivity index (χ0v) is 9.70. The predicted octanol–water partition coefficient (Wildman–Crippen LogP) is 2.82. The number of hydrogen-bond acceptors (Lipinski definition) is 2. The highest BCUT2D eigenvalue weighted by Gasteiger charge is 1.85. The van der Waals surface area contributed by atoms with Crippen molar-refractivity contribution >= 4 is 0 Å². The van der Waals surface area contributed by atoms with Crippen LogP contribution in [-0.4, -0.2) is 31.7 Å². The summed E-state index contributed by atoms with van der Waals surface area (Å²) in [6, 6.07) is 0. The molecule has 0 heterocycles. The molecule has 82 valence electrons. The Hall–Kier alpha value is -0.760. The highest BCUT2D eigenvalue weighted by Crippen LogP contribution is 1.89. The van der Waals surface area contributed by atoms with Crippen LogP contribution in [0, 0.1) is 0 Å². The molecule has 0 aliphatic heterocycles. The SMILES string of the molecule is C/C=C\CN(C)/C=C/COCCCC. The second-order valence-electron chi connectivity index (χ2n) is 3.32. The fourth-order valence-electron chi connectivity index (χ4n) is 0.953. The van der Waals surface area contributed by atoms with E-state index >= 15 is 0 Å². The lowest BCUT2D eigenvalue weighted by molar-refractivity contribution is 0.158. The van der Waals surface area contributed by atoms with Crippen molar-refractivity contribution in [3.8, 4) is 0 Å². The number of hydrogen-bond donors (Lipinski definition) is 0. The molecule has 0 atom stereocenters. The standard InChI is InChI=1S/C12H23NO/c1-4-6-9-13(3)10-8-12-14-11-7-5-2/h4,6,8,10H,5,7,9,11-12H2,1-3H3/b6-4-,10-8+. The Morgan fingerprint density at radius 3 is 2.71 bits per heavy atom. The number of unbranched alkanes of at least 4 members (excludes halogenated alkanes) is 1. The molecule has 0 radical (unpaired) electrons. The van der Waals surface area contributed by atoms with E-state index in [1.54, 1.807) is 0 Å². The summed E-state index contributed by atoms with van der Waals surface area (Å²) in [5.74, 6) is 0. The van der Waals surface area contributed by atoms with E-state index in [9.17, 15) is 0 Å². The molecule has 2 heteroatoms. The maximum atomic E-state index is 5.40. The van der Waals surface area contributed by atoms with Gasteiger partial charge in [-0.05, 0) is 25.6 Å². The highest BCUT2D eigenvalue weighted by atomic mass is 16.5. The van der Waals surface area contributed by atoms with Crippen LogP contribution >= 0.6 is 0 Å². The third kappa shape index (κ3) is 9.33. The van der Waals surface area contributed by atoms with E-state index in [0.29, 0.717) is 0 Å². The first kappa shape index (κ1) is 13.2. The van der Waals surface area contributed by atoms with E-state index in [0.717, 1.165) is 26.2 Å². The molecule has 0 aliphatic rings. The van der Waals surface area contributed by atoms with Crippen LogP contribution in [0.25, 0.3) is 0 Å². The average molecular weight is 197 g/mol. The van der Waals surface area contributed by atoms with Crippen LogP contribution in [0.1, 0.15) is 26.7 Å². The second-order valence-corrected chi connectivity index (χ2v) is 3.32. The molecule has 0 fully saturated rings. The lowest BCUT2D eigenvalue weighted by atomic mass is 10.4. The third-order valence-corrected chi connectivity index (χ3v) is 1.85. The van der Waals surface area contributed by atoms with Gasteiger partial charge in [0.15, 0.2) is 0 Å². The molecule has 2 nitrogen and oxygen atoms in total. The molecule has 0 unspecified atom stereocenters. The summed E-state index contributed by atoms with van der Waals surface area (Å²) in [7, 11) is 2.06. The Bertz CT molecular complexity index is 164. The van der Waals surface area contributed by atoms with Crippen LogP contribution in [0.3, 0.4) is 0 Å². The Morgan fingerprint density at radius 2 is 2.07 bits per heavy atom. The summed E-state index contributed by atoms with van der Waals surface area (Å²) >= 11 is 0. The topological polar surface area (TPSA) is 12.5 Å². The fraction of sp³-hybridized carbons (Fsp3) is 0.667. The lowest BCUT2D eigenvalue weighted by Crippen LogP contribution is -2.10. The fourth-order valence-corrected chi connectivity index (χ4v) is 0.953. The quantitative estimate of drug-likeness (QED) is 0.438. The van der Waals surface area contributed by atoms with Crippen molar-refractivity contribution in [1.82, 2.24) is 4.90 Å². The van der Waals surface area contributed by atoms with Crippen LogP contribution < -0.4 is 0 Å². The van der Waals surface area contributed by atoms with Gasteiger partial charge in [-0.3, -0.25) is 0 Å². The van der Waals surface area contributed by atoms with Gasteiger partial charge in [0.25, 0.3) is 0 Å². The Kier molecular flexibility index (Phi) is 9.76. The smallest absolute Gasteiger partial charge is 0.0664 e. The van der Waals surface area contributed by atoms with Gasteiger partial charge < -0.3 is 9.64 Å². The van der Waals surface area contributed by atoms with Crippen molar-refractivity contribution in [2.45, 2.75) is 26.7 Å². The van der Waals surface area contributed by atoms with Gasteiger partial charge in [-0.25, -0.2) is 0 Å². The molecule has 0 bridgehead atoms. The van der Waals surface area contributed by atoms with Crippen LogP contribution in [0.5, 0.6) is 0 Å². The Morgan fingerprint density at radius 1 is 1.29 bits per heavy atom. The first-order chi connectivity index (χ1) is 6.81. The maximum Gasteiger partial charge on any atom is 0.0664 e. The first-order valence-corrected chi connectivity index (χ1v) is 5.37. The van der Waals surface area contributed by atoms with E-state index in [4.69, 9.17) is 4.74 Å². The minimum atomic E-state index is 0.722. The maximum absolute atomic E-state index is 5.40. The zero-order valence-electron chi connectivity index (χ0n) is 9.70. The average Bonchev–Trinajstić information content (AvgIpc) is 2.20. The molecule has 0 N–H and O–H groups in total. The number of nitrogens with zero attached hydrogens (tertiary/aromatic N) is 1. The number of ether oxygens (including phenoxy) is 1. The van der Waals surface area contributed by atoms with Gasteiger partial charge in [0, 0.05) is 20.2 Å². The van der Waals surface area contributed by atoms with Gasteiger partial charge >= 0.3 is 0 Å².